The molecule has 6 heteroatoms. The second-order valence-corrected chi connectivity index (χ2v) is 6.08. The first-order valence-corrected chi connectivity index (χ1v) is 7.76. The molecule has 0 aromatic heterocycles. The predicted octanol–water partition coefficient (Wildman–Crippen LogP) is 4.87. The summed E-state index contributed by atoms with van der Waals surface area (Å²) >= 11 is 9.40. The van der Waals surface area contributed by atoms with E-state index in [4.69, 9.17) is 11.6 Å². The first kappa shape index (κ1) is 16.5. The second kappa shape index (κ2) is 7.42. The summed E-state index contributed by atoms with van der Waals surface area (Å²) in [4.78, 5) is 11.9. The smallest absolute Gasteiger partial charge is 0.306 e. The van der Waals surface area contributed by atoms with Gasteiger partial charge in [0.15, 0.2) is 0 Å². The van der Waals surface area contributed by atoms with Crippen LogP contribution in [0.3, 0.4) is 0 Å². The van der Waals surface area contributed by atoms with Crippen LogP contribution in [0.1, 0.15) is 16.7 Å². The highest BCUT2D eigenvalue weighted by molar-refractivity contribution is 9.10. The number of carbonyl (C=O) groups excluding carboxylic acids is 1. The molecule has 0 fully saturated rings. The monoisotopic (exact) mass is 379 g/mol. The number of benzene rings is 2. The van der Waals surface area contributed by atoms with Gasteiger partial charge in [-0.25, -0.2) is 10.2 Å². The van der Waals surface area contributed by atoms with Gasteiger partial charge in [-0.3, -0.25) is 0 Å². The van der Waals surface area contributed by atoms with Crippen LogP contribution < -0.4 is 10.7 Å². The number of para-hydroxylation sites is 1. The number of anilines is 1. The molecule has 0 saturated carbocycles. The van der Waals surface area contributed by atoms with Gasteiger partial charge in [0, 0.05) is 15.7 Å². The van der Waals surface area contributed by atoms with Crippen molar-refractivity contribution in [2.75, 3.05) is 5.32 Å². The Kier molecular flexibility index (Phi) is 5.57. The number of hydrazone groups is 1. The van der Waals surface area contributed by atoms with Crippen LogP contribution in [0.2, 0.25) is 5.02 Å². The Balaban J connectivity index is 1.99. The van der Waals surface area contributed by atoms with E-state index in [1.807, 2.05) is 38.1 Å². The zero-order chi connectivity index (χ0) is 16.1. The second-order valence-electron chi connectivity index (χ2n) is 4.76. The molecule has 0 aliphatic rings. The molecular weight excluding hydrogens is 366 g/mol. The van der Waals surface area contributed by atoms with Crippen molar-refractivity contribution in [2.45, 2.75) is 13.8 Å². The highest BCUT2D eigenvalue weighted by Crippen LogP contribution is 2.20. The number of nitrogens with zero attached hydrogens (tertiary/aromatic N) is 1. The Bertz CT molecular complexity index is 711. The first-order valence-electron chi connectivity index (χ1n) is 6.58. The molecule has 2 N–H and O–H groups in total. The Morgan fingerprint density at radius 2 is 1.91 bits per heavy atom. The molecule has 0 spiro atoms. The van der Waals surface area contributed by atoms with Crippen LogP contribution in [0, 0.1) is 13.8 Å². The van der Waals surface area contributed by atoms with Crippen LogP contribution in [0.15, 0.2) is 46.0 Å². The van der Waals surface area contributed by atoms with Gasteiger partial charge in [0.2, 0.25) is 0 Å². The fraction of sp³-hybridized carbons (Fsp3) is 0.125. The van der Waals surface area contributed by atoms with Crippen LogP contribution in [-0.2, 0) is 0 Å². The summed E-state index contributed by atoms with van der Waals surface area (Å²) in [6.45, 7) is 3.88. The number of amides is 2. The van der Waals surface area contributed by atoms with Crippen molar-refractivity contribution in [3.8, 4) is 0 Å². The predicted molar refractivity (Wildman–Crippen MR) is 94.8 cm³/mol. The molecule has 0 unspecified atom stereocenters. The van der Waals surface area contributed by atoms with Gasteiger partial charge in [-0.1, -0.05) is 51.8 Å². The number of nitrogens with one attached hydrogen (secondary N) is 2. The number of halogens is 2. The van der Waals surface area contributed by atoms with Crippen LogP contribution in [0.5, 0.6) is 0 Å². The molecule has 2 rings (SSSR count). The zero-order valence-electron chi connectivity index (χ0n) is 12.2. The molecule has 0 radical (unpaired) electrons. The van der Waals surface area contributed by atoms with Gasteiger partial charge in [-0.05, 0) is 37.1 Å². The first-order chi connectivity index (χ1) is 10.5. The van der Waals surface area contributed by atoms with Gasteiger partial charge in [-0.15, -0.1) is 0 Å². The van der Waals surface area contributed by atoms with E-state index < -0.39 is 6.03 Å². The summed E-state index contributed by atoms with van der Waals surface area (Å²) in [5.41, 5.74) is 5.92. The lowest BCUT2D eigenvalue weighted by Gasteiger charge is -2.10. The molecule has 4 nitrogen and oxygen atoms in total. The third kappa shape index (κ3) is 4.32. The van der Waals surface area contributed by atoms with Crippen molar-refractivity contribution in [3.05, 3.63) is 62.6 Å². The standard InChI is InChI=1S/C16H15BrClN3O/c1-10-4-3-5-11(2)15(10)20-16(22)21-19-9-12-6-7-13(17)8-14(12)18/h3-9H,1-2H3,(H2,20,21,22). The van der Waals surface area contributed by atoms with E-state index in [0.29, 0.717) is 5.02 Å². The summed E-state index contributed by atoms with van der Waals surface area (Å²) in [5.74, 6) is 0. The maximum Gasteiger partial charge on any atom is 0.339 e. The van der Waals surface area contributed by atoms with Gasteiger partial charge in [0.1, 0.15) is 0 Å². The van der Waals surface area contributed by atoms with Crippen LogP contribution in [0.25, 0.3) is 0 Å². The topological polar surface area (TPSA) is 53.5 Å². The molecule has 0 bridgehead atoms. The van der Waals surface area contributed by atoms with Crippen LogP contribution in [0.4, 0.5) is 10.5 Å². The molecule has 22 heavy (non-hydrogen) atoms. The van der Waals surface area contributed by atoms with Crippen LogP contribution in [-0.4, -0.2) is 12.2 Å². The number of carbonyl (C=O) groups is 1. The fourth-order valence-electron chi connectivity index (χ4n) is 1.92. The quantitative estimate of drug-likeness (QED) is 0.579. The van der Waals surface area contributed by atoms with E-state index in [9.17, 15) is 4.79 Å². The average molecular weight is 381 g/mol. The number of urea groups is 1. The van der Waals surface area contributed by atoms with Crippen molar-refractivity contribution < 1.29 is 4.79 Å². The van der Waals surface area contributed by atoms with Gasteiger partial charge in [-0.2, -0.15) is 5.10 Å². The van der Waals surface area contributed by atoms with Crippen molar-refractivity contribution >= 4 is 45.5 Å². The minimum atomic E-state index is -0.401. The summed E-state index contributed by atoms with van der Waals surface area (Å²) in [6, 6.07) is 10.8. The summed E-state index contributed by atoms with van der Waals surface area (Å²) in [6.07, 6.45) is 1.50. The summed E-state index contributed by atoms with van der Waals surface area (Å²) in [5, 5.41) is 7.24. The maximum absolute atomic E-state index is 11.9. The van der Waals surface area contributed by atoms with Crippen molar-refractivity contribution in [1.29, 1.82) is 0 Å². The zero-order valence-corrected chi connectivity index (χ0v) is 14.5. The summed E-state index contributed by atoms with van der Waals surface area (Å²) < 4.78 is 0.885. The van der Waals surface area contributed by atoms with E-state index in [-0.39, 0.29) is 0 Å². The van der Waals surface area contributed by atoms with E-state index in [2.05, 4.69) is 31.8 Å². The Labute approximate surface area is 142 Å². The molecule has 0 saturated heterocycles. The largest absolute Gasteiger partial charge is 0.339 e. The molecule has 0 heterocycles. The molecule has 2 amide bonds. The Morgan fingerprint density at radius 3 is 2.55 bits per heavy atom. The number of rotatable bonds is 3. The van der Waals surface area contributed by atoms with E-state index in [0.717, 1.165) is 26.9 Å². The third-order valence-corrected chi connectivity index (χ3v) is 3.87. The molecule has 2 aromatic carbocycles. The molecule has 0 aliphatic heterocycles. The van der Waals surface area contributed by atoms with Gasteiger partial charge < -0.3 is 5.32 Å². The Hall–Kier alpha value is -1.85. The fourth-order valence-corrected chi connectivity index (χ4v) is 2.64. The highest BCUT2D eigenvalue weighted by atomic mass is 79.9. The van der Waals surface area contributed by atoms with Crippen molar-refractivity contribution in [3.63, 3.8) is 0 Å². The molecular formula is C16H15BrClN3O. The lowest BCUT2D eigenvalue weighted by atomic mass is 10.1. The van der Waals surface area contributed by atoms with E-state index in [1.54, 1.807) is 12.1 Å². The van der Waals surface area contributed by atoms with Gasteiger partial charge >= 0.3 is 6.03 Å². The SMILES string of the molecule is Cc1cccc(C)c1NC(=O)NN=Cc1ccc(Br)cc1Cl. The minimum absolute atomic E-state index is 0.401. The van der Waals surface area contributed by atoms with Gasteiger partial charge in [0.05, 0.1) is 11.2 Å². The minimum Gasteiger partial charge on any atom is -0.306 e. The van der Waals surface area contributed by atoms with Crippen LogP contribution >= 0.6 is 27.5 Å². The van der Waals surface area contributed by atoms with E-state index in [1.165, 1.54) is 6.21 Å². The highest BCUT2D eigenvalue weighted by Gasteiger charge is 2.05. The maximum atomic E-state index is 11.9. The van der Waals surface area contributed by atoms with Crippen molar-refractivity contribution in [1.82, 2.24) is 5.43 Å². The average Bonchev–Trinajstić information content (AvgIpc) is 2.45. The Morgan fingerprint density at radius 1 is 1.23 bits per heavy atom. The lowest BCUT2D eigenvalue weighted by molar-refractivity contribution is 0.252. The van der Waals surface area contributed by atoms with Crippen molar-refractivity contribution in [2.24, 2.45) is 5.10 Å². The summed E-state index contributed by atoms with van der Waals surface area (Å²) in [7, 11) is 0. The number of hydrogen-bond donors (Lipinski definition) is 2. The van der Waals surface area contributed by atoms with E-state index >= 15 is 0 Å². The lowest BCUT2D eigenvalue weighted by Crippen LogP contribution is -2.25. The molecule has 2 aromatic rings. The van der Waals surface area contributed by atoms with Gasteiger partial charge in [0.25, 0.3) is 0 Å². The molecule has 0 aliphatic carbocycles. The molecule has 114 valence electrons. The number of hydrogen-bond acceptors (Lipinski definition) is 2. The normalized spacial score (nSPS) is 10.7. The molecule has 0 atom stereocenters. The third-order valence-electron chi connectivity index (χ3n) is 3.05. The number of aryl methyl sites for hydroxylation is 2.